The van der Waals surface area contributed by atoms with Crippen LogP contribution in [0.15, 0.2) is 30.5 Å². The number of amides is 2. The number of hydrogen-bond donors (Lipinski definition) is 3. The van der Waals surface area contributed by atoms with Crippen LogP contribution in [0.3, 0.4) is 0 Å². The van der Waals surface area contributed by atoms with Gasteiger partial charge in [-0.2, -0.15) is 0 Å². The minimum absolute atomic E-state index is 0.0849. The monoisotopic (exact) mass is 469 g/mol. The van der Waals surface area contributed by atoms with Gasteiger partial charge in [0.2, 0.25) is 11.8 Å². The summed E-state index contributed by atoms with van der Waals surface area (Å²) in [6.07, 6.45) is 22.3. The van der Waals surface area contributed by atoms with Crippen LogP contribution in [0.5, 0.6) is 0 Å². The van der Waals surface area contributed by atoms with E-state index in [1.807, 2.05) is 30.5 Å². The maximum Gasteiger partial charge on any atom is 0.240 e. The van der Waals surface area contributed by atoms with Crippen LogP contribution in [0.4, 0.5) is 0 Å². The fourth-order valence-electron chi connectivity index (χ4n) is 4.67. The molecule has 1 aromatic heterocycles. The van der Waals surface area contributed by atoms with Crippen molar-refractivity contribution in [3.8, 4) is 0 Å². The number of nitrogens with two attached hydrogens (primary N) is 1. The van der Waals surface area contributed by atoms with E-state index in [0.29, 0.717) is 12.8 Å². The standard InChI is InChI=1S/C29H47N3O2/c1-2-3-4-5-6-7-8-9-10-11-12-13-14-15-16-21-28(33)32-27(29(30)34)22-24-23-31-26-20-18-17-19-25(24)26/h17-20,23,27,31H,2-16,21-22H2,1H3,(H2,30,34)(H,32,33)/t27-/m0/s1. The van der Waals surface area contributed by atoms with Gasteiger partial charge in [-0.3, -0.25) is 9.59 Å². The lowest BCUT2D eigenvalue weighted by atomic mass is 10.0. The Labute approximate surface area is 206 Å². The van der Waals surface area contributed by atoms with Crippen LogP contribution in [0.1, 0.15) is 115 Å². The van der Waals surface area contributed by atoms with Gasteiger partial charge in [0.25, 0.3) is 0 Å². The minimum Gasteiger partial charge on any atom is -0.368 e. The molecule has 0 fully saturated rings. The summed E-state index contributed by atoms with van der Waals surface area (Å²) in [4.78, 5) is 27.5. The van der Waals surface area contributed by atoms with Crippen molar-refractivity contribution in [1.29, 1.82) is 0 Å². The molecule has 1 heterocycles. The predicted octanol–water partition coefficient (Wildman–Crippen LogP) is 6.94. The number of aromatic amines is 1. The molecule has 0 aliphatic heterocycles. The van der Waals surface area contributed by atoms with Crippen LogP contribution < -0.4 is 11.1 Å². The van der Waals surface area contributed by atoms with Crippen LogP contribution in [0, 0.1) is 0 Å². The molecule has 0 unspecified atom stereocenters. The van der Waals surface area contributed by atoms with Gasteiger partial charge >= 0.3 is 0 Å². The Hall–Kier alpha value is -2.30. The summed E-state index contributed by atoms with van der Waals surface area (Å²) in [5.74, 6) is -0.576. The van der Waals surface area contributed by atoms with Crippen molar-refractivity contribution in [3.63, 3.8) is 0 Å². The van der Waals surface area contributed by atoms with Crippen LogP contribution in [0.2, 0.25) is 0 Å². The molecule has 2 aromatic rings. The van der Waals surface area contributed by atoms with Crippen molar-refractivity contribution in [3.05, 3.63) is 36.0 Å². The van der Waals surface area contributed by atoms with Gasteiger partial charge in [0, 0.05) is 29.9 Å². The number of aromatic nitrogens is 1. The minimum atomic E-state index is -0.678. The van der Waals surface area contributed by atoms with E-state index in [0.717, 1.165) is 29.3 Å². The summed E-state index contributed by atoms with van der Waals surface area (Å²) < 4.78 is 0. The number of unbranched alkanes of at least 4 members (excludes halogenated alkanes) is 14. The number of carbonyl (C=O) groups is 2. The number of para-hydroxylation sites is 1. The number of carbonyl (C=O) groups excluding carboxylic acids is 2. The lowest BCUT2D eigenvalue weighted by Gasteiger charge is -2.15. The third kappa shape index (κ3) is 11.2. The largest absolute Gasteiger partial charge is 0.368 e. The van der Waals surface area contributed by atoms with Crippen molar-refractivity contribution < 1.29 is 9.59 Å². The Morgan fingerprint density at radius 1 is 0.824 bits per heavy atom. The van der Waals surface area contributed by atoms with E-state index in [-0.39, 0.29) is 5.91 Å². The van der Waals surface area contributed by atoms with E-state index in [4.69, 9.17) is 5.73 Å². The van der Waals surface area contributed by atoms with Crippen molar-refractivity contribution in [2.24, 2.45) is 5.73 Å². The molecule has 0 saturated heterocycles. The summed E-state index contributed by atoms with van der Waals surface area (Å²) in [5, 5.41) is 3.90. The topological polar surface area (TPSA) is 88.0 Å². The maximum absolute atomic E-state index is 12.4. The van der Waals surface area contributed by atoms with Crippen molar-refractivity contribution in [2.75, 3.05) is 0 Å². The van der Waals surface area contributed by atoms with Crippen molar-refractivity contribution in [2.45, 2.75) is 122 Å². The van der Waals surface area contributed by atoms with Crippen LogP contribution >= 0.6 is 0 Å². The van der Waals surface area contributed by atoms with Gasteiger partial charge in [0.1, 0.15) is 6.04 Å². The smallest absolute Gasteiger partial charge is 0.240 e. The average molecular weight is 470 g/mol. The fourth-order valence-corrected chi connectivity index (χ4v) is 4.67. The van der Waals surface area contributed by atoms with Gasteiger partial charge in [-0.1, -0.05) is 115 Å². The van der Waals surface area contributed by atoms with Gasteiger partial charge in [0.15, 0.2) is 0 Å². The highest BCUT2D eigenvalue weighted by molar-refractivity contribution is 5.88. The average Bonchev–Trinajstić information content (AvgIpc) is 3.24. The number of rotatable bonds is 20. The number of fused-ring (bicyclic) bond motifs is 1. The Balaban J connectivity index is 1.48. The molecule has 4 N–H and O–H groups in total. The first-order valence-corrected chi connectivity index (χ1v) is 13.8. The van der Waals surface area contributed by atoms with Crippen LogP contribution in [-0.2, 0) is 16.0 Å². The van der Waals surface area contributed by atoms with Crippen LogP contribution in [0.25, 0.3) is 10.9 Å². The summed E-state index contributed by atoms with van der Waals surface area (Å²) in [6.45, 7) is 2.27. The van der Waals surface area contributed by atoms with Gasteiger partial charge in [0.05, 0.1) is 0 Å². The molecule has 1 aromatic carbocycles. The van der Waals surface area contributed by atoms with E-state index in [9.17, 15) is 9.59 Å². The normalized spacial score (nSPS) is 12.1. The zero-order valence-corrected chi connectivity index (χ0v) is 21.4. The molecule has 0 aliphatic rings. The van der Waals surface area contributed by atoms with Gasteiger partial charge in [-0.05, 0) is 18.1 Å². The van der Waals surface area contributed by atoms with Crippen LogP contribution in [-0.4, -0.2) is 22.8 Å². The Morgan fingerprint density at radius 2 is 1.35 bits per heavy atom. The molecule has 0 aliphatic carbocycles. The quantitative estimate of drug-likeness (QED) is 0.183. The highest BCUT2D eigenvalue weighted by Crippen LogP contribution is 2.19. The first-order chi connectivity index (χ1) is 16.6. The molecule has 5 heteroatoms. The third-order valence-electron chi connectivity index (χ3n) is 6.79. The molecule has 1 atom stereocenters. The molecule has 190 valence electrons. The van der Waals surface area contributed by atoms with Crippen molar-refractivity contribution >= 4 is 22.7 Å². The molecule has 5 nitrogen and oxygen atoms in total. The van der Waals surface area contributed by atoms with E-state index in [1.165, 1.54) is 83.5 Å². The number of benzene rings is 1. The first-order valence-electron chi connectivity index (χ1n) is 13.8. The van der Waals surface area contributed by atoms with Gasteiger partial charge in [-0.15, -0.1) is 0 Å². The number of primary amides is 1. The van der Waals surface area contributed by atoms with E-state index in [2.05, 4.69) is 17.2 Å². The Kier molecular flexibility index (Phi) is 14.1. The zero-order chi connectivity index (χ0) is 24.4. The molecule has 2 amide bonds. The molecule has 34 heavy (non-hydrogen) atoms. The first kappa shape index (κ1) is 27.9. The highest BCUT2D eigenvalue weighted by atomic mass is 16.2. The Morgan fingerprint density at radius 3 is 1.91 bits per heavy atom. The summed E-state index contributed by atoms with van der Waals surface area (Å²) in [6, 6.07) is 7.26. The SMILES string of the molecule is CCCCCCCCCCCCCCCCCC(=O)N[C@@H](Cc1c[nH]c2ccccc12)C(N)=O. The second-order valence-corrected chi connectivity index (χ2v) is 9.79. The van der Waals surface area contributed by atoms with E-state index >= 15 is 0 Å². The zero-order valence-electron chi connectivity index (χ0n) is 21.4. The second-order valence-electron chi connectivity index (χ2n) is 9.79. The van der Waals surface area contributed by atoms with E-state index < -0.39 is 11.9 Å². The number of H-pyrrole nitrogens is 1. The predicted molar refractivity (Wildman–Crippen MR) is 143 cm³/mol. The molecule has 2 rings (SSSR count). The molecular formula is C29H47N3O2. The molecule has 0 bridgehead atoms. The number of nitrogens with one attached hydrogen (secondary N) is 2. The fraction of sp³-hybridized carbons (Fsp3) is 0.655. The molecule has 0 saturated carbocycles. The van der Waals surface area contributed by atoms with Gasteiger partial charge in [-0.25, -0.2) is 0 Å². The maximum atomic E-state index is 12.4. The number of hydrogen-bond acceptors (Lipinski definition) is 2. The lowest BCUT2D eigenvalue weighted by Crippen LogP contribution is -2.45. The van der Waals surface area contributed by atoms with E-state index in [1.54, 1.807) is 0 Å². The Bertz CT molecular complexity index is 830. The molecule has 0 radical (unpaired) electrons. The summed E-state index contributed by atoms with van der Waals surface area (Å²) in [7, 11) is 0. The molecule has 0 spiro atoms. The summed E-state index contributed by atoms with van der Waals surface area (Å²) in [5.41, 5.74) is 7.58. The summed E-state index contributed by atoms with van der Waals surface area (Å²) >= 11 is 0. The van der Waals surface area contributed by atoms with Gasteiger partial charge < -0.3 is 16.0 Å². The second kappa shape index (κ2) is 17.2. The lowest BCUT2D eigenvalue weighted by molar-refractivity contribution is -0.127. The van der Waals surface area contributed by atoms with Crippen molar-refractivity contribution in [1.82, 2.24) is 10.3 Å². The third-order valence-corrected chi connectivity index (χ3v) is 6.79. The highest BCUT2D eigenvalue weighted by Gasteiger charge is 2.20. The molecular weight excluding hydrogens is 422 g/mol.